The molecule has 21 heavy (non-hydrogen) atoms. The fraction of sp³-hybridized carbons (Fsp3) is 0.222. The smallest absolute Gasteiger partial charge is 0.127 e. The molecule has 2 aromatic carbocycles. The first-order valence-corrected chi connectivity index (χ1v) is 7.15. The van der Waals surface area contributed by atoms with Gasteiger partial charge in [0.05, 0.1) is 0 Å². The highest BCUT2D eigenvalue weighted by atomic mass is 35.5. The molecule has 0 heterocycles. The second-order valence-corrected chi connectivity index (χ2v) is 5.39. The van der Waals surface area contributed by atoms with Crippen molar-refractivity contribution >= 4 is 11.6 Å². The van der Waals surface area contributed by atoms with Crippen molar-refractivity contribution in [2.75, 3.05) is 0 Å². The molecule has 0 aliphatic heterocycles. The Bertz CT molecular complexity index is 646. The minimum Gasteiger partial charge on any atom is -0.457 e. The van der Waals surface area contributed by atoms with Crippen molar-refractivity contribution in [1.82, 2.24) is 0 Å². The van der Waals surface area contributed by atoms with Gasteiger partial charge in [-0.25, -0.2) is 0 Å². The number of rotatable bonds is 3. The molecule has 3 heteroatoms. The highest BCUT2D eigenvalue weighted by molar-refractivity contribution is 6.30. The highest BCUT2D eigenvalue weighted by Crippen LogP contribution is 2.23. The van der Waals surface area contributed by atoms with Crippen molar-refractivity contribution in [3.05, 3.63) is 59.1 Å². The first kappa shape index (κ1) is 15.4. The number of ether oxygens (including phenoxy) is 1. The fourth-order valence-corrected chi connectivity index (χ4v) is 1.67. The van der Waals surface area contributed by atoms with Crippen LogP contribution in [-0.4, -0.2) is 10.7 Å². The molecular weight excluding hydrogens is 284 g/mol. The van der Waals surface area contributed by atoms with E-state index in [9.17, 15) is 5.11 Å². The molecule has 0 fully saturated rings. The van der Waals surface area contributed by atoms with Crippen LogP contribution in [0.1, 0.15) is 25.8 Å². The first-order chi connectivity index (χ1) is 9.98. The summed E-state index contributed by atoms with van der Waals surface area (Å²) in [5, 5.41) is 10.5. The molecule has 0 saturated carbocycles. The molecule has 2 rings (SSSR count). The maximum absolute atomic E-state index is 9.85. The van der Waals surface area contributed by atoms with Crippen LogP contribution in [0.15, 0.2) is 48.5 Å². The molecule has 108 valence electrons. The SMILES string of the molecule is CCC(C)(O)C#Cc1ccc(Oc2ccc(Cl)cc2)cc1. The average Bonchev–Trinajstić information content (AvgIpc) is 2.49. The zero-order chi connectivity index (χ0) is 15.3. The van der Waals surface area contributed by atoms with Crippen molar-refractivity contribution < 1.29 is 9.84 Å². The Kier molecular flexibility index (Phi) is 4.90. The highest BCUT2D eigenvalue weighted by Gasteiger charge is 2.12. The van der Waals surface area contributed by atoms with Crippen molar-refractivity contribution in [3.8, 4) is 23.3 Å². The summed E-state index contributed by atoms with van der Waals surface area (Å²) in [5.41, 5.74) is -0.106. The van der Waals surface area contributed by atoms with Crippen LogP contribution in [0.5, 0.6) is 11.5 Å². The van der Waals surface area contributed by atoms with Gasteiger partial charge in [-0.15, -0.1) is 0 Å². The molecule has 0 bridgehead atoms. The predicted octanol–water partition coefficient (Wildman–Crippen LogP) is 4.64. The molecule has 1 unspecified atom stereocenters. The number of hydrogen-bond acceptors (Lipinski definition) is 2. The van der Waals surface area contributed by atoms with Gasteiger partial charge in [-0.2, -0.15) is 0 Å². The molecule has 0 aliphatic rings. The number of hydrogen-bond donors (Lipinski definition) is 1. The van der Waals surface area contributed by atoms with Crippen LogP contribution in [0.3, 0.4) is 0 Å². The summed E-state index contributed by atoms with van der Waals surface area (Å²) >= 11 is 5.83. The third kappa shape index (κ3) is 4.82. The normalized spacial score (nSPS) is 13.0. The summed E-state index contributed by atoms with van der Waals surface area (Å²) < 4.78 is 5.70. The van der Waals surface area contributed by atoms with Crippen molar-refractivity contribution in [1.29, 1.82) is 0 Å². The van der Waals surface area contributed by atoms with Crippen molar-refractivity contribution in [2.24, 2.45) is 0 Å². The van der Waals surface area contributed by atoms with Crippen LogP contribution in [0, 0.1) is 11.8 Å². The molecule has 0 radical (unpaired) electrons. The minimum atomic E-state index is -0.946. The van der Waals surface area contributed by atoms with Crippen LogP contribution < -0.4 is 4.74 Å². The van der Waals surface area contributed by atoms with Gasteiger partial charge in [0.15, 0.2) is 0 Å². The standard InChI is InChI=1S/C18H17ClO2/c1-3-18(2,20)13-12-14-4-8-16(9-5-14)21-17-10-6-15(19)7-11-17/h4-11,20H,3H2,1-2H3. The van der Waals surface area contributed by atoms with E-state index in [4.69, 9.17) is 16.3 Å². The van der Waals surface area contributed by atoms with Crippen LogP contribution >= 0.6 is 11.6 Å². The van der Waals surface area contributed by atoms with E-state index >= 15 is 0 Å². The van der Waals surface area contributed by atoms with Gasteiger partial charge in [0.1, 0.15) is 17.1 Å². The number of aliphatic hydroxyl groups is 1. The molecule has 0 amide bonds. The summed E-state index contributed by atoms with van der Waals surface area (Å²) in [6, 6.07) is 14.6. The van der Waals surface area contributed by atoms with E-state index in [2.05, 4.69) is 11.8 Å². The van der Waals surface area contributed by atoms with Gasteiger partial charge in [0.2, 0.25) is 0 Å². The molecule has 1 N–H and O–H groups in total. The molecule has 0 spiro atoms. The second kappa shape index (κ2) is 6.67. The van der Waals surface area contributed by atoms with E-state index in [0.29, 0.717) is 11.4 Å². The molecule has 2 aromatic rings. The Morgan fingerprint density at radius 3 is 2.10 bits per heavy atom. The fourth-order valence-electron chi connectivity index (χ4n) is 1.54. The summed E-state index contributed by atoms with van der Waals surface area (Å²) in [4.78, 5) is 0. The van der Waals surface area contributed by atoms with Gasteiger partial charge in [0.25, 0.3) is 0 Å². The Balaban J connectivity index is 2.07. The Morgan fingerprint density at radius 1 is 1.05 bits per heavy atom. The van der Waals surface area contributed by atoms with E-state index < -0.39 is 5.60 Å². The lowest BCUT2D eigenvalue weighted by atomic mass is 10.0. The van der Waals surface area contributed by atoms with E-state index in [1.54, 1.807) is 19.1 Å². The molecule has 0 saturated heterocycles. The molecular formula is C18H17ClO2. The first-order valence-electron chi connectivity index (χ1n) is 6.77. The summed E-state index contributed by atoms with van der Waals surface area (Å²) in [6.07, 6.45) is 0.595. The maximum Gasteiger partial charge on any atom is 0.127 e. The Morgan fingerprint density at radius 2 is 1.57 bits per heavy atom. The van der Waals surface area contributed by atoms with Crippen LogP contribution in [0.2, 0.25) is 5.02 Å². The minimum absolute atomic E-state index is 0.595. The topological polar surface area (TPSA) is 29.5 Å². The third-order valence-electron chi connectivity index (χ3n) is 3.07. The van der Waals surface area contributed by atoms with E-state index in [1.807, 2.05) is 43.3 Å². The molecule has 0 aliphatic carbocycles. The van der Waals surface area contributed by atoms with E-state index in [0.717, 1.165) is 17.1 Å². The Hall–Kier alpha value is -1.95. The molecule has 1 atom stereocenters. The zero-order valence-corrected chi connectivity index (χ0v) is 12.8. The zero-order valence-electron chi connectivity index (χ0n) is 12.1. The lowest BCUT2D eigenvalue weighted by Gasteiger charge is -2.11. The Labute approximate surface area is 130 Å². The molecule has 0 aromatic heterocycles. The van der Waals surface area contributed by atoms with Crippen LogP contribution in [0.25, 0.3) is 0 Å². The quantitative estimate of drug-likeness (QED) is 0.836. The summed E-state index contributed by atoms with van der Waals surface area (Å²) in [5.74, 6) is 7.27. The van der Waals surface area contributed by atoms with Crippen LogP contribution in [0.4, 0.5) is 0 Å². The largest absolute Gasteiger partial charge is 0.457 e. The van der Waals surface area contributed by atoms with Crippen molar-refractivity contribution in [2.45, 2.75) is 25.9 Å². The monoisotopic (exact) mass is 300 g/mol. The van der Waals surface area contributed by atoms with Gasteiger partial charge < -0.3 is 9.84 Å². The van der Waals surface area contributed by atoms with Gasteiger partial charge in [0, 0.05) is 10.6 Å². The number of benzene rings is 2. The predicted molar refractivity (Wildman–Crippen MR) is 85.8 cm³/mol. The van der Waals surface area contributed by atoms with Gasteiger partial charge in [-0.3, -0.25) is 0 Å². The van der Waals surface area contributed by atoms with Gasteiger partial charge in [-0.1, -0.05) is 30.4 Å². The van der Waals surface area contributed by atoms with Crippen LogP contribution in [-0.2, 0) is 0 Å². The third-order valence-corrected chi connectivity index (χ3v) is 3.32. The summed E-state index contributed by atoms with van der Waals surface area (Å²) in [6.45, 7) is 3.61. The van der Waals surface area contributed by atoms with Crippen molar-refractivity contribution in [3.63, 3.8) is 0 Å². The second-order valence-electron chi connectivity index (χ2n) is 4.96. The lowest BCUT2D eigenvalue weighted by molar-refractivity contribution is 0.118. The molecule has 2 nitrogen and oxygen atoms in total. The van der Waals surface area contributed by atoms with Gasteiger partial charge >= 0.3 is 0 Å². The summed E-state index contributed by atoms with van der Waals surface area (Å²) in [7, 11) is 0. The van der Waals surface area contributed by atoms with E-state index in [1.165, 1.54) is 0 Å². The number of halogens is 1. The lowest BCUT2D eigenvalue weighted by Crippen LogP contribution is -2.19. The maximum atomic E-state index is 9.85. The van der Waals surface area contributed by atoms with Gasteiger partial charge in [-0.05, 0) is 61.9 Å². The average molecular weight is 301 g/mol. The van der Waals surface area contributed by atoms with E-state index in [-0.39, 0.29) is 0 Å².